The van der Waals surface area contributed by atoms with Crippen molar-refractivity contribution in [2.24, 2.45) is 0 Å². The minimum atomic E-state index is -1.67. The van der Waals surface area contributed by atoms with Crippen LogP contribution in [0.3, 0.4) is 0 Å². The van der Waals surface area contributed by atoms with Gasteiger partial charge in [0.25, 0.3) is 0 Å². The Labute approximate surface area is 193 Å². The van der Waals surface area contributed by atoms with E-state index in [0.717, 1.165) is 0 Å². The Morgan fingerprint density at radius 1 is 0.882 bits per heavy atom. The van der Waals surface area contributed by atoms with Crippen LogP contribution in [0.4, 0.5) is 0 Å². The SMILES string of the molecule is COc1cc(O)c2cc(O[C@@H]3O[C@H](CO)[C@H](O)[C@H](O)[C@H]3O)c(-c3ccc(O)c(OC)c3)[o+]c2c1. The second-order valence-corrected chi connectivity index (χ2v) is 7.70. The quantitative estimate of drug-likeness (QED) is 0.280. The normalized spacial score (nSPS) is 24.7. The molecule has 4 rings (SSSR count). The molecule has 1 aromatic heterocycles. The summed E-state index contributed by atoms with van der Waals surface area (Å²) in [6.07, 6.45) is -7.56. The van der Waals surface area contributed by atoms with E-state index in [1.807, 2.05) is 0 Å². The van der Waals surface area contributed by atoms with Crippen LogP contribution in [0.1, 0.15) is 0 Å². The molecule has 3 aromatic rings. The van der Waals surface area contributed by atoms with Crippen molar-refractivity contribution in [2.75, 3.05) is 20.8 Å². The van der Waals surface area contributed by atoms with Gasteiger partial charge in [0.15, 0.2) is 11.5 Å². The third-order valence-corrected chi connectivity index (χ3v) is 5.57. The summed E-state index contributed by atoms with van der Waals surface area (Å²) in [7, 11) is 2.81. The summed E-state index contributed by atoms with van der Waals surface area (Å²) >= 11 is 0. The number of methoxy groups -OCH3 is 2. The molecule has 0 bridgehead atoms. The van der Waals surface area contributed by atoms with Gasteiger partial charge < -0.3 is 49.6 Å². The molecule has 182 valence electrons. The molecule has 0 unspecified atom stereocenters. The van der Waals surface area contributed by atoms with Gasteiger partial charge in [-0.25, -0.2) is 4.42 Å². The topological polar surface area (TPSA) is 170 Å². The van der Waals surface area contributed by atoms with Gasteiger partial charge in [-0.2, -0.15) is 0 Å². The van der Waals surface area contributed by atoms with Gasteiger partial charge in [-0.3, -0.25) is 0 Å². The molecule has 11 nitrogen and oxygen atoms in total. The molecule has 1 saturated heterocycles. The van der Waals surface area contributed by atoms with Crippen LogP contribution in [0.25, 0.3) is 22.3 Å². The first-order valence-corrected chi connectivity index (χ1v) is 10.3. The average molecular weight is 477 g/mol. The van der Waals surface area contributed by atoms with Crippen molar-refractivity contribution in [3.8, 4) is 40.1 Å². The Balaban J connectivity index is 1.85. The summed E-state index contributed by atoms with van der Waals surface area (Å²) in [5.41, 5.74) is 0.637. The monoisotopic (exact) mass is 477 g/mol. The van der Waals surface area contributed by atoms with Crippen LogP contribution < -0.4 is 14.2 Å². The molecule has 11 heteroatoms. The fraction of sp³-hybridized carbons (Fsp3) is 0.348. The lowest BCUT2D eigenvalue weighted by Crippen LogP contribution is -2.60. The molecular formula is C23H25O11+. The number of aliphatic hydroxyl groups is 4. The second kappa shape index (κ2) is 9.49. The molecule has 1 aliphatic rings. The number of hydrogen-bond donors (Lipinski definition) is 6. The number of benzene rings is 2. The van der Waals surface area contributed by atoms with Crippen LogP contribution in [0, 0.1) is 0 Å². The Kier molecular flexibility index (Phi) is 6.64. The zero-order valence-electron chi connectivity index (χ0n) is 18.3. The molecule has 0 spiro atoms. The fourth-order valence-corrected chi connectivity index (χ4v) is 3.69. The molecule has 34 heavy (non-hydrogen) atoms. The van der Waals surface area contributed by atoms with Gasteiger partial charge in [0.05, 0.1) is 32.5 Å². The minimum Gasteiger partial charge on any atom is -0.507 e. The van der Waals surface area contributed by atoms with Crippen molar-refractivity contribution in [1.29, 1.82) is 0 Å². The smallest absolute Gasteiger partial charge is 0.402 e. The number of phenols is 2. The van der Waals surface area contributed by atoms with Crippen molar-refractivity contribution in [1.82, 2.24) is 0 Å². The van der Waals surface area contributed by atoms with Crippen LogP contribution in [0.2, 0.25) is 0 Å². The summed E-state index contributed by atoms with van der Waals surface area (Å²) in [5, 5.41) is 60.7. The number of aromatic hydroxyl groups is 2. The molecule has 0 saturated carbocycles. The molecule has 5 atom stereocenters. The first kappa shape index (κ1) is 23.8. The van der Waals surface area contributed by atoms with E-state index in [4.69, 9.17) is 23.4 Å². The van der Waals surface area contributed by atoms with E-state index >= 15 is 0 Å². The molecule has 1 fully saturated rings. The molecule has 2 heterocycles. The van der Waals surface area contributed by atoms with Gasteiger partial charge in [-0.15, -0.1) is 0 Å². The van der Waals surface area contributed by atoms with Gasteiger partial charge >= 0.3 is 11.3 Å². The first-order chi connectivity index (χ1) is 16.3. The second-order valence-electron chi connectivity index (χ2n) is 7.70. The Morgan fingerprint density at radius 2 is 1.65 bits per heavy atom. The molecule has 0 radical (unpaired) electrons. The zero-order chi connectivity index (χ0) is 24.6. The molecule has 6 N–H and O–H groups in total. The highest BCUT2D eigenvalue weighted by molar-refractivity contribution is 5.88. The highest BCUT2D eigenvalue weighted by atomic mass is 16.7. The van der Waals surface area contributed by atoms with Gasteiger partial charge in [0.2, 0.25) is 12.0 Å². The maximum Gasteiger partial charge on any atom is 0.402 e. The summed E-state index contributed by atoms with van der Waals surface area (Å²) in [6, 6.07) is 8.76. The molecular weight excluding hydrogens is 452 g/mol. The Hall–Kier alpha value is -3.35. The standard InChI is InChI=1S/C23H24O11/c1-30-11-6-14(26)12-8-17(33-23-21(29)20(28)19(27)18(9-24)34-23)22(32-15(12)7-11)10-3-4-13(25)16(5-10)31-2/h3-8,18-21,23-24,27-29H,9H2,1-2H3,(H-,25,26)/p+1/t18-,19+,20+,21-,23-/m1/s1. The van der Waals surface area contributed by atoms with Gasteiger partial charge in [-0.1, -0.05) is 0 Å². The summed E-state index contributed by atoms with van der Waals surface area (Å²) < 4.78 is 27.6. The van der Waals surface area contributed by atoms with E-state index in [0.29, 0.717) is 11.3 Å². The van der Waals surface area contributed by atoms with Crippen molar-refractivity contribution in [2.45, 2.75) is 30.7 Å². The van der Waals surface area contributed by atoms with Crippen LogP contribution in [0.5, 0.6) is 28.7 Å². The highest BCUT2D eigenvalue weighted by Crippen LogP contribution is 2.42. The molecule has 2 aromatic carbocycles. The fourth-order valence-electron chi connectivity index (χ4n) is 3.69. The zero-order valence-corrected chi connectivity index (χ0v) is 18.3. The lowest BCUT2D eigenvalue weighted by molar-refractivity contribution is -0.277. The maximum absolute atomic E-state index is 10.5. The van der Waals surface area contributed by atoms with Gasteiger partial charge in [0, 0.05) is 18.2 Å². The van der Waals surface area contributed by atoms with E-state index < -0.39 is 37.3 Å². The van der Waals surface area contributed by atoms with E-state index in [1.165, 1.54) is 44.6 Å². The summed E-state index contributed by atoms with van der Waals surface area (Å²) in [4.78, 5) is 0. The highest BCUT2D eigenvalue weighted by Gasteiger charge is 2.45. The van der Waals surface area contributed by atoms with E-state index in [-0.39, 0.29) is 39.7 Å². The van der Waals surface area contributed by atoms with Crippen LogP contribution >= 0.6 is 0 Å². The van der Waals surface area contributed by atoms with Crippen LogP contribution in [-0.4, -0.2) is 82.2 Å². The van der Waals surface area contributed by atoms with Crippen molar-refractivity contribution in [3.05, 3.63) is 36.4 Å². The third-order valence-electron chi connectivity index (χ3n) is 5.57. The number of phenolic OH excluding ortho intramolecular Hbond substituents is 2. The Bertz CT molecular complexity index is 1180. The summed E-state index contributed by atoms with van der Waals surface area (Å²) in [6.45, 7) is -0.629. The molecule has 0 amide bonds. The van der Waals surface area contributed by atoms with Gasteiger partial charge in [-0.05, 0) is 12.1 Å². The maximum atomic E-state index is 10.5. The van der Waals surface area contributed by atoms with E-state index in [2.05, 4.69) is 0 Å². The number of ether oxygens (including phenoxy) is 4. The predicted octanol–water partition coefficient (Wildman–Crippen LogP) is 0.988. The van der Waals surface area contributed by atoms with E-state index in [9.17, 15) is 30.6 Å². The predicted molar refractivity (Wildman–Crippen MR) is 117 cm³/mol. The number of rotatable bonds is 6. The lowest BCUT2D eigenvalue weighted by Gasteiger charge is -2.39. The Morgan fingerprint density at radius 3 is 2.32 bits per heavy atom. The lowest BCUT2D eigenvalue weighted by atomic mass is 9.99. The van der Waals surface area contributed by atoms with Crippen LogP contribution in [0.15, 0.2) is 40.8 Å². The largest absolute Gasteiger partial charge is 0.507 e. The van der Waals surface area contributed by atoms with Gasteiger partial charge in [0.1, 0.15) is 41.3 Å². The van der Waals surface area contributed by atoms with Crippen molar-refractivity contribution < 1.29 is 54.0 Å². The summed E-state index contributed by atoms with van der Waals surface area (Å²) in [5.74, 6) is 0.306. The number of aliphatic hydroxyl groups excluding tert-OH is 4. The third kappa shape index (κ3) is 4.27. The minimum absolute atomic E-state index is 0.00922. The van der Waals surface area contributed by atoms with Crippen molar-refractivity contribution >= 4 is 11.0 Å². The molecule has 0 aliphatic carbocycles. The van der Waals surface area contributed by atoms with E-state index in [1.54, 1.807) is 6.07 Å². The van der Waals surface area contributed by atoms with Crippen LogP contribution in [-0.2, 0) is 4.74 Å². The van der Waals surface area contributed by atoms with Crippen molar-refractivity contribution in [3.63, 3.8) is 0 Å². The number of fused-ring (bicyclic) bond motifs is 1. The first-order valence-electron chi connectivity index (χ1n) is 10.3. The number of hydrogen-bond acceptors (Lipinski definition) is 10. The average Bonchev–Trinajstić information content (AvgIpc) is 2.84. The molecule has 1 aliphatic heterocycles.